The third-order valence-electron chi connectivity index (χ3n) is 3.17. The fourth-order valence-corrected chi connectivity index (χ4v) is 2.63. The first kappa shape index (κ1) is 15.5. The fraction of sp³-hybridized carbons (Fsp3) is 0.529. The Morgan fingerprint density at radius 2 is 1.33 bits per heavy atom. The molecule has 0 spiro atoms. The van der Waals surface area contributed by atoms with Gasteiger partial charge in [-0.15, -0.1) is 0 Å². The highest BCUT2D eigenvalue weighted by atomic mass is 79.9. The average molecular weight is 309 g/mol. The van der Waals surface area contributed by atoms with Crippen LogP contribution >= 0.6 is 15.9 Å². The summed E-state index contributed by atoms with van der Waals surface area (Å²) in [6.07, 6.45) is 2.14. The lowest BCUT2D eigenvalue weighted by molar-refractivity contribution is 0.566. The van der Waals surface area contributed by atoms with Gasteiger partial charge in [-0.3, -0.25) is 0 Å². The van der Waals surface area contributed by atoms with Gasteiger partial charge in [0, 0.05) is 4.48 Å². The van der Waals surface area contributed by atoms with Crippen LogP contribution in [0.2, 0.25) is 0 Å². The minimum absolute atomic E-state index is 0.151. The van der Waals surface area contributed by atoms with E-state index in [0.29, 0.717) is 0 Å². The molecule has 0 bridgehead atoms. The molecule has 0 heterocycles. The van der Waals surface area contributed by atoms with E-state index in [1.807, 2.05) is 0 Å². The molecule has 1 aromatic rings. The van der Waals surface area contributed by atoms with E-state index in [2.05, 4.69) is 88.7 Å². The Labute approximate surface area is 121 Å². The van der Waals surface area contributed by atoms with E-state index >= 15 is 0 Å². The molecule has 0 aliphatic heterocycles. The van der Waals surface area contributed by atoms with Crippen LogP contribution in [0.3, 0.4) is 0 Å². The highest BCUT2D eigenvalue weighted by Gasteiger charge is 2.25. The van der Waals surface area contributed by atoms with Crippen LogP contribution in [0, 0.1) is 0 Å². The van der Waals surface area contributed by atoms with Gasteiger partial charge in [-0.1, -0.05) is 81.7 Å². The van der Waals surface area contributed by atoms with Crippen LogP contribution in [0.15, 0.2) is 24.3 Å². The first-order valence-corrected chi connectivity index (χ1v) is 7.34. The lowest BCUT2D eigenvalue weighted by atomic mass is 9.76. The van der Waals surface area contributed by atoms with Gasteiger partial charge in [0.1, 0.15) is 0 Å². The van der Waals surface area contributed by atoms with Crippen LogP contribution < -0.4 is 0 Å². The van der Waals surface area contributed by atoms with Gasteiger partial charge in [-0.2, -0.15) is 0 Å². The van der Waals surface area contributed by atoms with E-state index < -0.39 is 0 Å². The SMILES string of the molecule is C/C=C(/Br)c1c(C(C)(C)C)cccc1C(C)(C)C. The van der Waals surface area contributed by atoms with Gasteiger partial charge in [0.05, 0.1) is 0 Å². The van der Waals surface area contributed by atoms with Crippen molar-refractivity contribution in [3.8, 4) is 0 Å². The second-order valence-electron chi connectivity index (χ2n) is 6.86. The molecule has 0 unspecified atom stereocenters. The maximum Gasteiger partial charge on any atom is 0.0211 e. The van der Waals surface area contributed by atoms with Gasteiger partial charge in [0.15, 0.2) is 0 Å². The highest BCUT2D eigenvalue weighted by Crippen LogP contribution is 2.39. The number of hydrogen-bond donors (Lipinski definition) is 0. The van der Waals surface area contributed by atoms with E-state index in [1.165, 1.54) is 21.2 Å². The van der Waals surface area contributed by atoms with Gasteiger partial charge in [0.25, 0.3) is 0 Å². The molecular weight excluding hydrogens is 284 g/mol. The zero-order valence-electron chi connectivity index (χ0n) is 12.7. The summed E-state index contributed by atoms with van der Waals surface area (Å²) >= 11 is 3.73. The largest absolute Gasteiger partial charge is 0.0728 e. The quantitative estimate of drug-likeness (QED) is 0.593. The van der Waals surface area contributed by atoms with Gasteiger partial charge < -0.3 is 0 Å². The topological polar surface area (TPSA) is 0 Å². The number of allylic oxidation sites excluding steroid dienone is 1. The second-order valence-corrected chi connectivity index (χ2v) is 7.72. The van der Waals surface area contributed by atoms with Gasteiger partial charge in [-0.25, -0.2) is 0 Å². The summed E-state index contributed by atoms with van der Waals surface area (Å²) in [4.78, 5) is 0. The van der Waals surface area contributed by atoms with Crippen LogP contribution in [-0.4, -0.2) is 0 Å². The Morgan fingerprint density at radius 1 is 0.944 bits per heavy atom. The number of benzene rings is 1. The second kappa shape index (κ2) is 5.21. The Morgan fingerprint density at radius 3 is 1.61 bits per heavy atom. The Hall–Kier alpha value is -0.560. The molecule has 100 valence electrons. The summed E-state index contributed by atoms with van der Waals surface area (Å²) in [5.74, 6) is 0. The summed E-state index contributed by atoms with van der Waals surface area (Å²) < 4.78 is 1.19. The molecule has 0 fully saturated rings. The van der Waals surface area contributed by atoms with Crippen molar-refractivity contribution in [2.24, 2.45) is 0 Å². The molecule has 18 heavy (non-hydrogen) atoms. The van der Waals surface area contributed by atoms with E-state index in [0.717, 1.165) is 0 Å². The minimum Gasteiger partial charge on any atom is -0.0728 e. The molecule has 0 aliphatic rings. The Kier molecular flexibility index (Phi) is 4.48. The van der Waals surface area contributed by atoms with Crippen molar-refractivity contribution in [1.29, 1.82) is 0 Å². The van der Waals surface area contributed by atoms with Crippen molar-refractivity contribution in [3.05, 3.63) is 41.0 Å². The van der Waals surface area contributed by atoms with Gasteiger partial charge in [-0.05, 0) is 34.4 Å². The van der Waals surface area contributed by atoms with Crippen LogP contribution in [0.25, 0.3) is 4.48 Å². The summed E-state index contributed by atoms with van der Waals surface area (Å²) in [5, 5.41) is 0. The zero-order valence-corrected chi connectivity index (χ0v) is 14.3. The van der Waals surface area contributed by atoms with E-state index in [1.54, 1.807) is 0 Å². The molecule has 1 rings (SSSR count). The molecule has 0 amide bonds. The normalized spacial score (nSPS) is 13.9. The molecule has 0 atom stereocenters. The molecule has 0 saturated carbocycles. The first-order valence-electron chi connectivity index (χ1n) is 6.55. The van der Waals surface area contributed by atoms with Crippen LogP contribution in [-0.2, 0) is 10.8 Å². The maximum atomic E-state index is 3.73. The number of halogens is 1. The number of hydrogen-bond acceptors (Lipinski definition) is 0. The van der Waals surface area contributed by atoms with Crippen molar-refractivity contribution in [2.45, 2.75) is 59.3 Å². The molecule has 0 nitrogen and oxygen atoms in total. The van der Waals surface area contributed by atoms with E-state index in [4.69, 9.17) is 0 Å². The minimum atomic E-state index is 0.151. The molecule has 0 aliphatic carbocycles. The van der Waals surface area contributed by atoms with Crippen LogP contribution in [0.5, 0.6) is 0 Å². The zero-order chi connectivity index (χ0) is 14.1. The standard InChI is InChI=1S/C17H25Br/c1-8-14(18)15-12(16(2,3)4)10-9-11-13(15)17(5,6)7/h8-11H,1-7H3/b14-8+. The van der Waals surface area contributed by atoms with Crippen LogP contribution in [0.1, 0.15) is 65.2 Å². The smallest absolute Gasteiger partial charge is 0.0211 e. The summed E-state index contributed by atoms with van der Waals surface area (Å²) in [7, 11) is 0. The van der Waals surface area contributed by atoms with Crippen molar-refractivity contribution in [1.82, 2.24) is 0 Å². The highest BCUT2D eigenvalue weighted by molar-refractivity contribution is 9.15. The molecule has 0 saturated heterocycles. The molecule has 1 heteroatoms. The van der Waals surface area contributed by atoms with Crippen molar-refractivity contribution in [3.63, 3.8) is 0 Å². The molecule has 0 aromatic heterocycles. The van der Waals surface area contributed by atoms with Crippen molar-refractivity contribution < 1.29 is 0 Å². The predicted molar refractivity (Wildman–Crippen MR) is 86.4 cm³/mol. The van der Waals surface area contributed by atoms with Gasteiger partial charge >= 0.3 is 0 Å². The Bertz CT molecular complexity index is 421. The molecular formula is C17H25Br. The summed E-state index contributed by atoms with van der Waals surface area (Å²) in [6, 6.07) is 6.67. The van der Waals surface area contributed by atoms with E-state index in [-0.39, 0.29) is 10.8 Å². The third-order valence-corrected chi connectivity index (χ3v) is 4.03. The monoisotopic (exact) mass is 308 g/mol. The predicted octanol–water partition coefficient (Wildman–Crippen LogP) is 6.04. The Balaban J connectivity index is 3.67. The molecule has 0 N–H and O–H groups in total. The average Bonchev–Trinajstić information content (AvgIpc) is 2.24. The first-order chi connectivity index (χ1) is 8.09. The van der Waals surface area contributed by atoms with Gasteiger partial charge in [0.2, 0.25) is 0 Å². The maximum absolute atomic E-state index is 3.73. The van der Waals surface area contributed by atoms with Crippen LogP contribution in [0.4, 0.5) is 0 Å². The lowest BCUT2D eigenvalue weighted by Crippen LogP contribution is -2.20. The third kappa shape index (κ3) is 3.26. The fourth-order valence-electron chi connectivity index (χ4n) is 2.20. The van der Waals surface area contributed by atoms with Crippen molar-refractivity contribution >= 4 is 20.4 Å². The molecule has 1 aromatic carbocycles. The lowest BCUT2D eigenvalue weighted by Gasteiger charge is -2.30. The summed E-state index contributed by atoms with van der Waals surface area (Å²) in [6.45, 7) is 15.7. The number of rotatable bonds is 1. The molecule has 0 radical (unpaired) electrons. The summed E-state index contributed by atoms with van der Waals surface area (Å²) in [5.41, 5.74) is 4.47. The van der Waals surface area contributed by atoms with E-state index in [9.17, 15) is 0 Å². The van der Waals surface area contributed by atoms with Crippen molar-refractivity contribution in [2.75, 3.05) is 0 Å².